The molecule has 0 aliphatic heterocycles. The molecule has 6 heteroatoms. The van der Waals surface area contributed by atoms with Gasteiger partial charge in [0.2, 0.25) is 0 Å². The van der Waals surface area contributed by atoms with Gasteiger partial charge >= 0.3 is 0 Å². The van der Waals surface area contributed by atoms with Crippen LogP contribution in [-0.2, 0) is 0 Å². The van der Waals surface area contributed by atoms with Crippen LogP contribution in [0.3, 0.4) is 0 Å². The largest absolute Gasteiger partial charge is 0.306 e. The summed E-state index contributed by atoms with van der Waals surface area (Å²) in [7, 11) is 0. The lowest BCUT2D eigenvalue weighted by atomic mass is 10.2. The van der Waals surface area contributed by atoms with Gasteiger partial charge in [-0.1, -0.05) is 15.9 Å². The second kappa shape index (κ2) is 4.47. The van der Waals surface area contributed by atoms with Gasteiger partial charge in [0.1, 0.15) is 16.1 Å². The standard InChI is InChI=1S/C10H5Br2FN2O/c11-6-1-5(2-7(13)3-6)9-14-4-8(12)10(16)15-9/h1-4H,(H,14,15,16). The summed E-state index contributed by atoms with van der Waals surface area (Å²) in [5.74, 6) is -0.0663. The second-order valence-electron chi connectivity index (χ2n) is 3.07. The van der Waals surface area contributed by atoms with E-state index in [0.29, 0.717) is 20.3 Å². The number of nitrogens with one attached hydrogen (secondary N) is 1. The van der Waals surface area contributed by atoms with Crippen LogP contribution in [0.15, 0.2) is 38.1 Å². The first-order valence-electron chi connectivity index (χ1n) is 4.27. The molecule has 0 fully saturated rings. The van der Waals surface area contributed by atoms with Crippen molar-refractivity contribution in [2.24, 2.45) is 0 Å². The first kappa shape index (κ1) is 11.5. The van der Waals surface area contributed by atoms with Gasteiger partial charge in [0, 0.05) is 16.2 Å². The molecule has 0 radical (unpaired) electrons. The van der Waals surface area contributed by atoms with Crippen molar-refractivity contribution in [1.29, 1.82) is 0 Å². The van der Waals surface area contributed by atoms with Crippen molar-refractivity contribution in [3.63, 3.8) is 0 Å². The molecule has 0 bridgehead atoms. The van der Waals surface area contributed by atoms with Crippen LogP contribution in [0.2, 0.25) is 0 Å². The number of aromatic nitrogens is 2. The van der Waals surface area contributed by atoms with Crippen LogP contribution in [0, 0.1) is 5.82 Å². The highest BCUT2D eigenvalue weighted by molar-refractivity contribution is 9.10. The average Bonchev–Trinajstić information content (AvgIpc) is 2.20. The highest BCUT2D eigenvalue weighted by Gasteiger charge is 2.05. The number of aromatic amines is 1. The summed E-state index contributed by atoms with van der Waals surface area (Å²) in [4.78, 5) is 17.9. The molecule has 3 nitrogen and oxygen atoms in total. The topological polar surface area (TPSA) is 45.8 Å². The molecular formula is C10H5Br2FN2O. The molecule has 2 aromatic rings. The van der Waals surface area contributed by atoms with Gasteiger partial charge in [-0.25, -0.2) is 9.37 Å². The minimum Gasteiger partial charge on any atom is -0.306 e. The van der Waals surface area contributed by atoms with Crippen molar-refractivity contribution in [3.05, 3.63) is 49.5 Å². The fraction of sp³-hybridized carbons (Fsp3) is 0. The monoisotopic (exact) mass is 346 g/mol. The zero-order valence-corrected chi connectivity index (χ0v) is 11.0. The lowest BCUT2D eigenvalue weighted by Crippen LogP contribution is -2.08. The number of hydrogen-bond donors (Lipinski definition) is 1. The first-order chi connectivity index (χ1) is 7.56. The van der Waals surface area contributed by atoms with Crippen molar-refractivity contribution in [2.45, 2.75) is 0 Å². The molecule has 1 aromatic heterocycles. The van der Waals surface area contributed by atoms with Gasteiger partial charge in [-0.15, -0.1) is 0 Å². The molecule has 1 heterocycles. The van der Waals surface area contributed by atoms with Crippen LogP contribution >= 0.6 is 31.9 Å². The third kappa shape index (κ3) is 2.38. The summed E-state index contributed by atoms with van der Waals surface area (Å²) < 4.78 is 14.1. The number of halogens is 3. The highest BCUT2D eigenvalue weighted by atomic mass is 79.9. The van der Waals surface area contributed by atoms with Crippen LogP contribution in [0.1, 0.15) is 0 Å². The molecule has 0 unspecified atom stereocenters. The number of rotatable bonds is 1. The van der Waals surface area contributed by atoms with Crippen molar-refractivity contribution >= 4 is 31.9 Å². The maximum Gasteiger partial charge on any atom is 0.265 e. The van der Waals surface area contributed by atoms with E-state index in [1.54, 1.807) is 6.07 Å². The lowest BCUT2D eigenvalue weighted by Gasteiger charge is -2.02. The Balaban J connectivity index is 2.58. The average molecular weight is 348 g/mol. The van der Waals surface area contributed by atoms with Gasteiger partial charge < -0.3 is 4.98 Å². The Kier molecular flexibility index (Phi) is 3.20. The molecule has 0 saturated carbocycles. The van der Waals surface area contributed by atoms with E-state index in [2.05, 4.69) is 41.8 Å². The van der Waals surface area contributed by atoms with Crippen LogP contribution in [0.4, 0.5) is 4.39 Å². The van der Waals surface area contributed by atoms with Gasteiger partial charge in [-0.2, -0.15) is 0 Å². The third-order valence-corrected chi connectivity index (χ3v) is 2.91. The summed E-state index contributed by atoms with van der Waals surface area (Å²) in [5.41, 5.74) is 0.210. The van der Waals surface area contributed by atoms with E-state index in [9.17, 15) is 9.18 Å². The second-order valence-corrected chi connectivity index (χ2v) is 4.84. The molecule has 1 aromatic carbocycles. The predicted molar refractivity (Wildman–Crippen MR) is 65.7 cm³/mol. The molecular weight excluding hydrogens is 343 g/mol. The van der Waals surface area contributed by atoms with E-state index >= 15 is 0 Å². The number of hydrogen-bond acceptors (Lipinski definition) is 2. The first-order valence-corrected chi connectivity index (χ1v) is 5.86. The van der Waals surface area contributed by atoms with Crippen LogP contribution < -0.4 is 5.56 Å². The Bertz CT molecular complexity index is 577. The Morgan fingerprint density at radius 1 is 1.25 bits per heavy atom. The Morgan fingerprint density at radius 3 is 2.62 bits per heavy atom. The maximum atomic E-state index is 13.1. The van der Waals surface area contributed by atoms with E-state index in [1.165, 1.54) is 18.3 Å². The normalized spacial score (nSPS) is 10.4. The molecule has 82 valence electrons. The van der Waals surface area contributed by atoms with E-state index in [1.807, 2.05) is 0 Å². The zero-order chi connectivity index (χ0) is 11.7. The molecule has 0 aliphatic rings. The molecule has 2 rings (SSSR count). The fourth-order valence-corrected chi connectivity index (χ4v) is 1.88. The van der Waals surface area contributed by atoms with Crippen molar-refractivity contribution in [2.75, 3.05) is 0 Å². The summed E-state index contributed by atoms with van der Waals surface area (Å²) in [6.07, 6.45) is 1.38. The number of H-pyrrole nitrogens is 1. The molecule has 0 aliphatic carbocycles. The summed E-state index contributed by atoms with van der Waals surface area (Å²) in [6.45, 7) is 0. The van der Waals surface area contributed by atoms with Crippen molar-refractivity contribution in [1.82, 2.24) is 9.97 Å². The Labute approximate surface area is 107 Å². The van der Waals surface area contributed by atoms with Gasteiger partial charge in [0.15, 0.2) is 0 Å². The number of benzene rings is 1. The predicted octanol–water partition coefficient (Wildman–Crippen LogP) is 3.10. The SMILES string of the molecule is O=c1[nH]c(-c2cc(F)cc(Br)c2)ncc1Br. The lowest BCUT2D eigenvalue weighted by molar-refractivity contribution is 0.627. The molecule has 0 amide bonds. The number of nitrogens with zero attached hydrogens (tertiary/aromatic N) is 1. The fourth-order valence-electron chi connectivity index (χ4n) is 1.22. The Hall–Kier alpha value is -1.01. The smallest absolute Gasteiger partial charge is 0.265 e. The van der Waals surface area contributed by atoms with E-state index in [4.69, 9.17) is 0 Å². The van der Waals surface area contributed by atoms with Crippen LogP contribution in [-0.4, -0.2) is 9.97 Å². The molecule has 0 atom stereocenters. The van der Waals surface area contributed by atoms with Crippen molar-refractivity contribution in [3.8, 4) is 11.4 Å². The van der Waals surface area contributed by atoms with Gasteiger partial charge in [-0.05, 0) is 34.1 Å². The minimum absolute atomic E-state index is 0.301. The van der Waals surface area contributed by atoms with Crippen molar-refractivity contribution < 1.29 is 4.39 Å². The molecule has 0 saturated heterocycles. The molecule has 16 heavy (non-hydrogen) atoms. The molecule has 1 N–H and O–H groups in total. The van der Waals surface area contributed by atoms with Crippen LogP contribution in [0.25, 0.3) is 11.4 Å². The van der Waals surface area contributed by atoms with Gasteiger partial charge in [0.25, 0.3) is 5.56 Å². The minimum atomic E-state index is -0.394. The summed E-state index contributed by atoms with van der Waals surface area (Å²) in [6, 6.07) is 4.31. The van der Waals surface area contributed by atoms with E-state index < -0.39 is 5.82 Å². The Morgan fingerprint density at radius 2 is 2.00 bits per heavy atom. The highest BCUT2D eigenvalue weighted by Crippen LogP contribution is 2.21. The molecule has 0 spiro atoms. The van der Waals surface area contributed by atoms with Gasteiger partial charge in [-0.3, -0.25) is 4.79 Å². The van der Waals surface area contributed by atoms with Crippen LogP contribution in [0.5, 0.6) is 0 Å². The maximum absolute atomic E-state index is 13.1. The van der Waals surface area contributed by atoms with Gasteiger partial charge in [0.05, 0.1) is 0 Å². The third-order valence-electron chi connectivity index (χ3n) is 1.89. The van der Waals surface area contributed by atoms with E-state index in [-0.39, 0.29) is 5.56 Å². The summed E-state index contributed by atoms with van der Waals surface area (Å²) in [5, 5.41) is 0. The van der Waals surface area contributed by atoms with E-state index in [0.717, 1.165) is 0 Å². The zero-order valence-electron chi connectivity index (χ0n) is 7.80. The quantitative estimate of drug-likeness (QED) is 0.861. The summed E-state index contributed by atoms with van der Waals surface area (Å²) >= 11 is 6.22.